The van der Waals surface area contributed by atoms with E-state index >= 15 is 0 Å². The minimum absolute atomic E-state index is 0.0300. The van der Waals surface area contributed by atoms with Crippen LogP contribution in [0, 0.1) is 0 Å². The third-order valence-corrected chi connectivity index (χ3v) is 7.01. The minimum Gasteiger partial charge on any atom is -0.496 e. The highest BCUT2D eigenvalue weighted by Gasteiger charge is 2.34. The van der Waals surface area contributed by atoms with E-state index in [0.717, 1.165) is 41.0 Å². The maximum Gasteiger partial charge on any atom is 0.258 e. The lowest BCUT2D eigenvalue weighted by atomic mass is 10.0. The number of nitrogens with zero attached hydrogens (tertiary/aromatic N) is 3. The summed E-state index contributed by atoms with van der Waals surface area (Å²) < 4.78 is 19.0. The van der Waals surface area contributed by atoms with Gasteiger partial charge in [0, 0.05) is 18.3 Å². The van der Waals surface area contributed by atoms with Crippen molar-refractivity contribution in [3.05, 3.63) is 95.7 Å². The first-order valence-electron chi connectivity index (χ1n) is 12.7. The molecule has 1 fully saturated rings. The van der Waals surface area contributed by atoms with Crippen LogP contribution in [0.2, 0.25) is 0 Å². The first-order chi connectivity index (χ1) is 18.2. The molecule has 7 heteroatoms. The molecule has 1 amide bonds. The van der Waals surface area contributed by atoms with Gasteiger partial charge in [-0.25, -0.2) is 0 Å². The standard InChI is InChI=1S/C30H29N3O4/c1-35-26-12-6-5-10-23(26)29-24(20-32(31-29)19-21-8-3-2-4-9-21)30(34)33-15-7-11-25(33)22-13-14-27-28(18-22)37-17-16-36-27/h2-6,8-10,12-14,18,20,25H,7,11,15-17,19H2,1H3. The lowest BCUT2D eigenvalue weighted by Gasteiger charge is -2.27. The van der Waals surface area contributed by atoms with Gasteiger partial charge in [-0.3, -0.25) is 9.48 Å². The van der Waals surface area contributed by atoms with Gasteiger partial charge in [-0.15, -0.1) is 0 Å². The van der Waals surface area contributed by atoms with Gasteiger partial charge in [0.1, 0.15) is 24.7 Å². The van der Waals surface area contributed by atoms with Crippen LogP contribution in [0.25, 0.3) is 11.3 Å². The molecule has 0 radical (unpaired) electrons. The van der Waals surface area contributed by atoms with Crippen molar-refractivity contribution in [1.82, 2.24) is 14.7 Å². The second kappa shape index (κ2) is 10.0. The van der Waals surface area contributed by atoms with Crippen molar-refractivity contribution in [2.75, 3.05) is 26.9 Å². The van der Waals surface area contributed by atoms with Crippen molar-refractivity contribution in [3.8, 4) is 28.5 Å². The molecule has 3 aromatic carbocycles. The number of rotatable bonds is 6. The van der Waals surface area contributed by atoms with Crippen LogP contribution in [-0.4, -0.2) is 47.5 Å². The highest BCUT2D eigenvalue weighted by molar-refractivity contribution is 6.00. The molecular weight excluding hydrogens is 466 g/mol. The Bertz CT molecular complexity index is 1420. The van der Waals surface area contributed by atoms with Crippen LogP contribution in [0.1, 0.15) is 40.4 Å². The average Bonchev–Trinajstić information content (AvgIpc) is 3.61. The summed E-state index contributed by atoms with van der Waals surface area (Å²) in [5, 5.41) is 4.88. The number of carbonyl (C=O) groups excluding carboxylic acids is 1. The molecule has 1 atom stereocenters. The molecule has 1 unspecified atom stereocenters. The number of ether oxygens (including phenoxy) is 3. The molecule has 0 aliphatic carbocycles. The third-order valence-electron chi connectivity index (χ3n) is 7.01. The number of para-hydroxylation sites is 1. The predicted octanol–water partition coefficient (Wildman–Crippen LogP) is 5.36. The Morgan fingerprint density at radius 3 is 2.62 bits per heavy atom. The van der Waals surface area contributed by atoms with Gasteiger partial charge in [-0.1, -0.05) is 48.5 Å². The molecule has 2 aliphatic heterocycles. The van der Waals surface area contributed by atoms with Gasteiger partial charge in [0.2, 0.25) is 0 Å². The Morgan fingerprint density at radius 2 is 1.78 bits per heavy atom. The fraction of sp³-hybridized carbons (Fsp3) is 0.267. The van der Waals surface area contributed by atoms with E-state index in [1.807, 2.05) is 76.4 Å². The number of aromatic nitrogens is 2. The summed E-state index contributed by atoms with van der Waals surface area (Å²) in [5.74, 6) is 2.16. The SMILES string of the molecule is COc1ccccc1-c1nn(Cc2ccccc2)cc1C(=O)N1CCCC1c1ccc2c(c1)OCCO2. The number of hydrogen-bond donors (Lipinski definition) is 0. The van der Waals surface area contributed by atoms with Crippen LogP contribution in [0.15, 0.2) is 79.0 Å². The summed E-state index contributed by atoms with van der Waals surface area (Å²) in [6.07, 6.45) is 3.71. The molecule has 0 spiro atoms. The highest BCUT2D eigenvalue weighted by atomic mass is 16.6. The number of fused-ring (bicyclic) bond motifs is 1. The average molecular weight is 496 g/mol. The summed E-state index contributed by atoms with van der Waals surface area (Å²) in [4.78, 5) is 16.1. The first kappa shape index (κ1) is 23.2. The second-order valence-electron chi connectivity index (χ2n) is 9.33. The van der Waals surface area contributed by atoms with Gasteiger partial charge in [0.25, 0.3) is 5.91 Å². The smallest absolute Gasteiger partial charge is 0.258 e. The Morgan fingerprint density at radius 1 is 1.00 bits per heavy atom. The summed E-state index contributed by atoms with van der Waals surface area (Å²) in [7, 11) is 1.64. The number of likely N-dealkylation sites (tertiary alicyclic amines) is 1. The van der Waals surface area contributed by atoms with E-state index in [1.54, 1.807) is 7.11 Å². The number of amides is 1. The molecule has 1 aromatic heterocycles. The summed E-state index contributed by atoms with van der Waals surface area (Å²) >= 11 is 0. The largest absolute Gasteiger partial charge is 0.496 e. The molecule has 188 valence electrons. The Balaban J connectivity index is 1.37. The van der Waals surface area contributed by atoms with Crippen molar-refractivity contribution in [2.45, 2.75) is 25.4 Å². The quantitative estimate of drug-likeness (QED) is 0.361. The lowest BCUT2D eigenvalue weighted by Crippen LogP contribution is -2.30. The zero-order valence-electron chi connectivity index (χ0n) is 20.8. The summed E-state index contributed by atoms with van der Waals surface area (Å²) in [6, 6.07) is 23.8. The molecule has 1 saturated heterocycles. The normalized spacial score (nSPS) is 16.6. The van der Waals surface area contributed by atoms with E-state index in [0.29, 0.717) is 43.3 Å². The van der Waals surface area contributed by atoms with Gasteiger partial charge >= 0.3 is 0 Å². The minimum atomic E-state index is -0.0358. The van der Waals surface area contributed by atoms with Crippen LogP contribution < -0.4 is 14.2 Å². The molecule has 0 N–H and O–H groups in total. The van der Waals surface area contributed by atoms with E-state index in [1.165, 1.54) is 0 Å². The van der Waals surface area contributed by atoms with Crippen LogP contribution in [0.3, 0.4) is 0 Å². The van der Waals surface area contributed by atoms with E-state index in [9.17, 15) is 4.79 Å². The summed E-state index contributed by atoms with van der Waals surface area (Å²) in [6.45, 7) is 2.35. The maximum absolute atomic E-state index is 14.2. The van der Waals surface area contributed by atoms with E-state index in [4.69, 9.17) is 19.3 Å². The number of benzene rings is 3. The van der Waals surface area contributed by atoms with Crippen molar-refractivity contribution in [1.29, 1.82) is 0 Å². The van der Waals surface area contributed by atoms with Crippen molar-refractivity contribution in [3.63, 3.8) is 0 Å². The number of carbonyl (C=O) groups is 1. The van der Waals surface area contributed by atoms with Gasteiger partial charge in [0.15, 0.2) is 11.5 Å². The van der Waals surface area contributed by atoms with E-state index < -0.39 is 0 Å². The van der Waals surface area contributed by atoms with Gasteiger partial charge in [0.05, 0.1) is 25.3 Å². The van der Waals surface area contributed by atoms with Crippen molar-refractivity contribution < 1.29 is 19.0 Å². The summed E-state index contributed by atoms with van der Waals surface area (Å²) in [5.41, 5.74) is 4.18. The maximum atomic E-state index is 14.2. The zero-order valence-corrected chi connectivity index (χ0v) is 20.8. The van der Waals surface area contributed by atoms with Gasteiger partial charge < -0.3 is 19.1 Å². The molecule has 3 heterocycles. The molecular formula is C30H29N3O4. The van der Waals surface area contributed by atoms with Crippen molar-refractivity contribution >= 4 is 5.91 Å². The number of hydrogen-bond acceptors (Lipinski definition) is 5. The Kier molecular flexibility index (Phi) is 6.26. The number of methoxy groups -OCH3 is 1. The lowest BCUT2D eigenvalue weighted by molar-refractivity contribution is 0.0735. The fourth-order valence-corrected chi connectivity index (χ4v) is 5.25. The molecule has 6 rings (SSSR count). The Hall–Kier alpha value is -4.26. The fourth-order valence-electron chi connectivity index (χ4n) is 5.25. The van der Waals surface area contributed by atoms with Crippen LogP contribution in [0.4, 0.5) is 0 Å². The van der Waals surface area contributed by atoms with Crippen LogP contribution >= 0.6 is 0 Å². The van der Waals surface area contributed by atoms with Crippen LogP contribution in [-0.2, 0) is 6.54 Å². The monoisotopic (exact) mass is 495 g/mol. The predicted molar refractivity (Wildman–Crippen MR) is 140 cm³/mol. The molecule has 2 aliphatic rings. The second-order valence-corrected chi connectivity index (χ2v) is 9.33. The van der Waals surface area contributed by atoms with Crippen LogP contribution in [0.5, 0.6) is 17.2 Å². The van der Waals surface area contributed by atoms with Gasteiger partial charge in [-0.05, 0) is 48.2 Å². The van der Waals surface area contributed by atoms with Crippen molar-refractivity contribution in [2.24, 2.45) is 0 Å². The molecule has 0 bridgehead atoms. The molecule has 7 nitrogen and oxygen atoms in total. The molecule has 4 aromatic rings. The highest BCUT2D eigenvalue weighted by Crippen LogP contribution is 2.40. The Labute approximate surface area is 216 Å². The zero-order chi connectivity index (χ0) is 25.2. The molecule has 0 saturated carbocycles. The third kappa shape index (κ3) is 4.53. The first-order valence-corrected chi connectivity index (χ1v) is 12.7. The molecule has 37 heavy (non-hydrogen) atoms. The van der Waals surface area contributed by atoms with Gasteiger partial charge in [-0.2, -0.15) is 5.10 Å². The van der Waals surface area contributed by atoms with E-state index in [2.05, 4.69) is 12.1 Å². The van der Waals surface area contributed by atoms with E-state index in [-0.39, 0.29) is 11.9 Å². The topological polar surface area (TPSA) is 65.8 Å².